The maximum absolute atomic E-state index is 12.2. The minimum Gasteiger partial charge on any atom is -0.502 e. The van der Waals surface area contributed by atoms with Gasteiger partial charge in [-0.05, 0) is 24.2 Å². The van der Waals surface area contributed by atoms with Crippen molar-refractivity contribution in [1.29, 1.82) is 0 Å². The maximum Gasteiger partial charge on any atom is 0.371 e. The lowest BCUT2D eigenvalue weighted by Gasteiger charge is -2.31. The zero-order chi connectivity index (χ0) is 12.3. The minimum atomic E-state index is -1.41. The van der Waals surface area contributed by atoms with E-state index in [1.165, 1.54) is 0 Å². The molecule has 0 radical (unpaired) electrons. The second-order valence-corrected chi connectivity index (χ2v) is 5.54. The molecular weight excluding hydrogens is 208 g/mol. The number of carboxylic acids is 1. The number of ketones is 1. The number of aliphatic hydroxyl groups is 1. The smallest absolute Gasteiger partial charge is 0.371 e. The molecule has 2 aliphatic carbocycles. The number of rotatable bonds is 1. The summed E-state index contributed by atoms with van der Waals surface area (Å²) < 4.78 is 0. The zero-order valence-corrected chi connectivity index (χ0v) is 9.70. The summed E-state index contributed by atoms with van der Waals surface area (Å²) in [4.78, 5) is 22.9. The molecule has 2 rings (SSSR count). The number of hydrogen-bond acceptors (Lipinski definition) is 3. The summed E-state index contributed by atoms with van der Waals surface area (Å²) in [5.74, 6) is -2.48. The van der Waals surface area contributed by atoms with Gasteiger partial charge in [0.25, 0.3) is 0 Å². The van der Waals surface area contributed by atoms with Gasteiger partial charge in [-0.2, -0.15) is 0 Å². The van der Waals surface area contributed by atoms with E-state index in [0.717, 1.165) is 12.8 Å². The Morgan fingerprint density at radius 1 is 1.31 bits per heavy atom. The Hall–Kier alpha value is -1.32. The molecule has 0 aromatic heterocycles. The molecule has 2 N–H and O–H groups in total. The van der Waals surface area contributed by atoms with Gasteiger partial charge < -0.3 is 10.2 Å². The number of fused-ring (bicyclic) bond motifs is 2. The van der Waals surface area contributed by atoms with E-state index in [4.69, 9.17) is 5.11 Å². The van der Waals surface area contributed by atoms with E-state index < -0.39 is 17.1 Å². The molecular formula is C12H16O4. The molecule has 4 heteroatoms. The highest BCUT2D eigenvalue weighted by Crippen LogP contribution is 2.65. The van der Waals surface area contributed by atoms with Crippen molar-refractivity contribution < 1.29 is 19.8 Å². The molecule has 0 aliphatic heterocycles. The summed E-state index contributed by atoms with van der Waals surface area (Å²) in [6, 6.07) is 0. The summed E-state index contributed by atoms with van der Waals surface area (Å²) in [5, 5.41) is 18.3. The van der Waals surface area contributed by atoms with Gasteiger partial charge in [0.05, 0.1) is 0 Å². The van der Waals surface area contributed by atoms with Crippen molar-refractivity contribution in [3.8, 4) is 0 Å². The first-order chi connectivity index (χ1) is 7.23. The van der Waals surface area contributed by atoms with Crippen LogP contribution in [0, 0.1) is 16.7 Å². The topological polar surface area (TPSA) is 74.6 Å². The third-order valence-electron chi connectivity index (χ3n) is 4.78. The van der Waals surface area contributed by atoms with Gasteiger partial charge in [-0.15, -0.1) is 0 Å². The third-order valence-corrected chi connectivity index (χ3v) is 4.78. The number of Topliss-reactive ketones (excluding diaryl/α,β-unsaturated/α-hetero) is 1. The van der Waals surface area contributed by atoms with Gasteiger partial charge in [0.1, 0.15) is 0 Å². The summed E-state index contributed by atoms with van der Waals surface area (Å²) in [6.45, 7) is 5.83. The van der Waals surface area contributed by atoms with E-state index in [9.17, 15) is 14.7 Å². The van der Waals surface area contributed by atoms with E-state index in [-0.39, 0.29) is 22.7 Å². The molecule has 0 aromatic carbocycles. The SMILES string of the molecule is CC12CCC(/C(=C(\O)C(=O)O)C1=O)C2(C)C. The van der Waals surface area contributed by atoms with Crippen molar-refractivity contribution in [1.82, 2.24) is 0 Å². The Morgan fingerprint density at radius 3 is 2.25 bits per heavy atom. The van der Waals surface area contributed by atoms with Crippen molar-refractivity contribution in [2.45, 2.75) is 33.6 Å². The lowest BCUT2D eigenvalue weighted by atomic mass is 9.70. The highest BCUT2D eigenvalue weighted by atomic mass is 16.4. The molecule has 4 nitrogen and oxygen atoms in total. The molecule has 0 spiro atoms. The van der Waals surface area contributed by atoms with Crippen LogP contribution in [0.2, 0.25) is 0 Å². The molecule has 2 atom stereocenters. The van der Waals surface area contributed by atoms with E-state index >= 15 is 0 Å². The second kappa shape index (κ2) is 2.87. The first-order valence-corrected chi connectivity index (χ1v) is 5.44. The Kier molecular flexibility index (Phi) is 2.00. The van der Waals surface area contributed by atoms with E-state index in [1.54, 1.807) is 0 Å². The first kappa shape index (κ1) is 11.2. The van der Waals surface area contributed by atoms with Crippen LogP contribution in [0.4, 0.5) is 0 Å². The van der Waals surface area contributed by atoms with Crippen LogP contribution < -0.4 is 0 Å². The normalized spacial score (nSPS) is 38.9. The molecule has 0 amide bonds. The van der Waals surface area contributed by atoms with Crippen molar-refractivity contribution in [3.63, 3.8) is 0 Å². The lowest BCUT2D eigenvalue weighted by molar-refractivity contribution is -0.136. The fourth-order valence-electron chi connectivity index (χ4n) is 3.26. The Balaban J connectivity index is 2.61. The zero-order valence-electron chi connectivity index (χ0n) is 9.70. The number of aliphatic hydroxyl groups excluding tert-OH is 1. The highest BCUT2D eigenvalue weighted by molar-refractivity contribution is 6.09. The fourth-order valence-corrected chi connectivity index (χ4v) is 3.26. The first-order valence-electron chi connectivity index (χ1n) is 5.44. The van der Waals surface area contributed by atoms with Crippen LogP contribution in [0.15, 0.2) is 11.3 Å². The van der Waals surface area contributed by atoms with Gasteiger partial charge in [0, 0.05) is 11.0 Å². The van der Waals surface area contributed by atoms with Crippen molar-refractivity contribution in [2.75, 3.05) is 0 Å². The summed E-state index contributed by atoms with van der Waals surface area (Å²) in [7, 11) is 0. The molecule has 88 valence electrons. The molecule has 2 bridgehead atoms. The number of allylic oxidation sites excluding steroid dienone is 1. The van der Waals surface area contributed by atoms with Crippen molar-refractivity contribution >= 4 is 11.8 Å². The van der Waals surface area contributed by atoms with Crippen LogP contribution in [0.1, 0.15) is 33.6 Å². The van der Waals surface area contributed by atoms with E-state index in [0.29, 0.717) is 0 Å². The van der Waals surface area contributed by atoms with Gasteiger partial charge in [0.15, 0.2) is 5.78 Å². The molecule has 2 unspecified atom stereocenters. The number of aliphatic carboxylic acids is 1. The Bertz CT molecular complexity index is 419. The van der Waals surface area contributed by atoms with Crippen LogP contribution in [-0.4, -0.2) is 22.0 Å². The average molecular weight is 224 g/mol. The van der Waals surface area contributed by atoms with Gasteiger partial charge in [-0.1, -0.05) is 20.8 Å². The van der Waals surface area contributed by atoms with Gasteiger partial charge >= 0.3 is 5.97 Å². The van der Waals surface area contributed by atoms with Gasteiger partial charge in [0.2, 0.25) is 5.76 Å². The monoisotopic (exact) mass is 224 g/mol. The van der Waals surface area contributed by atoms with Crippen molar-refractivity contribution in [2.24, 2.45) is 16.7 Å². The van der Waals surface area contributed by atoms with E-state index in [2.05, 4.69) is 0 Å². The van der Waals surface area contributed by atoms with Crippen LogP contribution in [0.3, 0.4) is 0 Å². The third kappa shape index (κ3) is 0.996. The van der Waals surface area contributed by atoms with Crippen LogP contribution in [0.25, 0.3) is 0 Å². The number of hydrogen-bond donors (Lipinski definition) is 2. The quantitative estimate of drug-likeness (QED) is 0.527. The molecule has 2 saturated carbocycles. The Morgan fingerprint density at radius 2 is 1.88 bits per heavy atom. The molecule has 16 heavy (non-hydrogen) atoms. The Labute approximate surface area is 94.0 Å². The maximum atomic E-state index is 12.2. The number of carbonyl (C=O) groups is 2. The average Bonchev–Trinajstić information content (AvgIpc) is 2.48. The molecule has 0 heterocycles. The number of carbonyl (C=O) groups excluding carboxylic acids is 1. The fraction of sp³-hybridized carbons (Fsp3) is 0.667. The van der Waals surface area contributed by atoms with Gasteiger partial charge in [-0.3, -0.25) is 4.79 Å². The van der Waals surface area contributed by atoms with Crippen LogP contribution in [0.5, 0.6) is 0 Å². The standard InChI is InChI=1S/C12H16O4/c1-11(2)6-4-5-12(11,3)9(14)7(6)8(13)10(15)16/h6,13H,4-5H2,1-3H3,(H,15,16)/b8-7+. The number of carboxylic acid groups (broad SMARTS) is 1. The van der Waals surface area contributed by atoms with Crippen LogP contribution in [-0.2, 0) is 9.59 Å². The lowest BCUT2D eigenvalue weighted by Crippen LogP contribution is -2.32. The summed E-state index contributed by atoms with van der Waals surface area (Å²) >= 11 is 0. The van der Waals surface area contributed by atoms with Gasteiger partial charge in [-0.25, -0.2) is 4.79 Å². The molecule has 0 saturated heterocycles. The summed E-state index contributed by atoms with van der Waals surface area (Å²) in [5.41, 5.74) is -0.648. The highest BCUT2D eigenvalue weighted by Gasteiger charge is 2.65. The molecule has 2 fully saturated rings. The van der Waals surface area contributed by atoms with Crippen LogP contribution >= 0.6 is 0 Å². The second-order valence-electron chi connectivity index (χ2n) is 5.54. The van der Waals surface area contributed by atoms with E-state index in [1.807, 2.05) is 20.8 Å². The predicted octanol–water partition coefficient (Wildman–Crippen LogP) is 1.91. The van der Waals surface area contributed by atoms with Crippen molar-refractivity contribution in [3.05, 3.63) is 11.3 Å². The minimum absolute atomic E-state index is 0.124. The summed E-state index contributed by atoms with van der Waals surface area (Å²) in [6.07, 6.45) is 1.56. The predicted molar refractivity (Wildman–Crippen MR) is 56.9 cm³/mol. The molecule has 2 aliphatic rings. The largest absolute Gasteiger partial charge is 0.502 e. The molecule has 0 aromatic rings.